The van der Waals surface area contributed by atoms with Crippen LogP contribution in [0.1, 0.15) is 31.7 Å². The molecule has 0 aliphatic rings. The second-order valence-corrected chi connectivity index (χ2v) is 7.56. The van der Waals surface area contributed by atoms with Crippen molar-refractivity contribution in [1.29, 1.82) is 0 Å². The highest BCUT2D eigenvalue weighted by molar-refractivity contribution is 5.88. The summed E-state index contributed by atoms with van der Waals surface area (Å²) in [6.07, 6.45) is 4.81. The minimum atomic E-state index is -0.366. The minimum Gasteiger partial charge on any atom is -0.207 e. The summed E-state index contributed by atoms with van der Waals surface area (Å²) >= 11 is 0. The van der Waals surface area contributed by atoms with E-state index in [4.69, 9.17) is 0 Å². The summed E-state index contributed by atoms with van der Waals surface area (Å²) in [6, 6.07) is 24.0. The zero-order chi connectivity index (χ0) is 20.2. The van der Waals surface area contributed by atoms with Gasteiger partial charge in [-0.3, -0.25) is 0 Å². The van der Waals surface area contributed by atoms with Gasteiger partial charge in [-0.2, -0.15) is 0 Å². The monoisotopic (exact) mass is 386 g/mol. The van der Waals surface area contributed by atoms with E-state index in [1.54, 1.807) is 18.2 Å². The van der Waals surface area contributed by atoms with Crippen molar-refractivity contribution in [3.05, 3.63) is 96.1 Å². The summed E-state index contributed by atoms with van der Waals surface area (Å²) in [6.45, 7) is 2.22. The van der Waals surface area contributed by atoms with Crippen LogP contribution in [0, 0.1) is 11.6 Å². The van der Waals surface area contributed by atoms with Crippen LogP contribution in [0.3, 0.4) is 0 Å². The van der Waals surface area contributed by atoms with Gasteiger partial charge in [-0.05, 0) is 70.1 Å². The molecule has 0 aliphatic carbocycles. The zero-order valence-corrected chi connectivity index (χ0v) is 16.6. The maximum Gasteiger partial charge on any atom is 0.131 e. The number of fused-ring (bicyclic) bond motifs is 1. The van der Waals surface area contributed by atoms with Gasteiger partial charge in [-0.15, -0.1) is 0 Å². The Bertz CT molecular complexity index is 1140. The van der Waals surface area contributed by atoms with Crippen molar-refractivity contribution >= 4 is 10.8 Å². The Balaban J connectivity index is 1.62. The maximum absolute atomic E-state index is 14.7. The third-order valence-corrected chi connectivity index (χ3v) is 5.41. The normalized spacial score (nSPS) is 11.1. The van der Waals surface area contributed by atoms with Crippen LogP contribution in [-0.2, 0) is 6.42 Å². The van der Waals surface area contributed by atoms with E-state index in [-0.39, 0.29) is 11.6 Å². The molecule has 0 saturated carbocycles. The SMILES string of the molecule is CCCCCc1ccc2cc(-c3ccc(-c4cccc(F)c4)c(F)c3)ccc2c1. The molecule has 0 N–H and O–H groups in total. The number of aryl methyl sites for hydroxylation is 1. The van der Waals surface area contributed by atoms with Crippen molar-refractivity contribution in [2.45, 2.75) is 32.6 Å². The van der Waals surface area contributed by atoms with Gasteiger partial charge < -0.3 is 0 Å². The molecule has 4 aromatic carbocycles. The van der Waals surface area contributed by atoms with Crippen molar-refractivity contribution in [3.8, 4) is 22.3 Å². The zero-order valence-electron chi connectivity index (χ0n) is 16.6. The van der Waals surface area contributed by atoms with Crippen LogP contribution in [-0.4, -0.2) is 0 Å². The molecule has 0 aromatic heterocycles. The Kier molecular flexibility index (Phi) is 5.71. The molecule has 146 valence electrons. The van der Waals surface area contributed by atoms with Gasteiger partial charge in [0.2, 0.25) is 0 Å². The molecule has 0 nitrogen and oxygen atoms in total. The van der Waals surface area contributed by atoms with Gasteiger partial charge in [0, 0.05) is 5.56 Å². The van der Waals surface area contributed by atoms with Crippen molar-refractivity contribution in [1.82, 2.24) is 0 Å². The summed E-state index contributed by atoms with van der Waals surface area (Å²) in [5.41, 5.74) is 4.11. The van der Waals surface area contributed by atoms with Gasteiger partial charge >= 0.3 is 0 Å². The molecule has 0 heterocycles. The average Bonchev–Trinajstić information content (AvgIpc) is 2.73. The average molecular weight is 386 g/mol. The fourth-order valence-corrected chi connectivity index (χ4v) is 3.79. The van der Waals surface area contributed by atoms with Crippen molar-refractivity contribution in [3.63, 3.8) is 0 Å². The standard InChI is InChI=1S/C27H24F2/c1-2-3-4-6-19-9-10-21-16-22(12-11-20(21)15-19)23-13-14-26(27(29)18-23)24-7-5-8-25(28)17-24/h5,7-18H,2-4,6H2,1H3. The van der Waals surface area contributed by atoms with Crippen LogP contribution in [0.4, 0.5) is 8.78 Å². The van der Waals surface area contributed by atoms with E-state index in [0.717, 1.165) is 22.9 Å². The molecule has 0 bridgehead atoms. The van der Waals surface area contributed by atoms with Crippen molar-refractivity contribution in [2.24, 2.45) is 0 Å². The highest BCUT2D eigenvalue weighted by atomic mass is 19.1. The Labute approximate surface area is 170 Å². The van der Waals surface area contributed by atoms with Gasteiger partial charge in [0.1, 0.15) is 11.6 Å². The quantitative estimate of drug-likeness (QED) is 0.293. The highest BCUT2D eigenvalue weighted by Crippen LogP contribution is 2.30. The summed E-state index contributed by atoms with van der Waals surface area (Å²) in [5, 5.41) is 2.36. The number of benzene rings is 4. The number of unbranched alkanes of at least 4 members (excludes halogenated alkanes) is 2. The molecule has 0 saturated heterocycles. The van der Waals surface area contributed by atoms with E-state index in [9.17, 15) is 8.78 Å². The predicted octanol–water partition coefficient (Wildman–Crippen LogP) is 8.18. The third kappa shape index (κ3) is 4.37. The first kappa shape index (κ1) is 19.3. The molecule has 0 aliphatic heterocycles. The van der Waals surface area contributed by atoms with Crippen LogP contribution >= 0.6 is 0 Å². The fraction of sp³-hybridized carbons (Fsp3) is 0.185. The van der Waals surface area contributed by atoms with E-state index in [0.29, 0.717) is 11.1 Å². The number of halogens is 2. The molecule has 29 heavy (non-hydrogen) atoms. The number of hydrogen-bond donors (Lipinski definition) is 0. The molecule has 4 rings (SSSR count). The van der Waals surface area contributed by atoms with Gasteiger partial charge in [-0.25, -0.2) is 8.78 Å². The molecule has 0 fully saturated rings. The molecule has 0 radical (unpaired) electrons. The summed E-state index contributed by atoms with van der Waals surface area (Å²) in [7, 11) is 0. The molecule has 2 heteroatoms. The van der Waals surface area contributed by atoms with E-state index >= 15 is 0 Å². The lowest BCUT2D eigenvalue weighted by Gasteiger charge is -2.09. The molecule has 0 atom stereocenters. The first-order chi connectivity index (χ1) is 14.1. The van der Waals surface area contributed by atoms with E-state index < -0.39 is 0 Å². The summed E-state index contributed by atoms with van der Waals surface area (Å²) in [4.78, 5) is 0. The van der Waals surface area contributed by atoms with Gasteiger partial charge in [0.25, 0.3) is 0 Å². The smallest absolute Gasteiger partial charge is 0.131 e. The Morgan fingerprint density at radius 2 is 1.41 bits per heavy atom. The first-order valence-corrected chi connectivity index (χ1v) is 10.2. The van der Waals surface area contributed by atoms with E-state index in [1.807, 2.05) is 12.1 Å². The fourth-order valence-electron chi connectivity index (χ4n) is 3.79. The Hall–Kier alpha value is -3.00. The number of rotatable bonds is 6. The molecule has 0 spiro atoms. The van der Waals surface area contributed by atoms with Crippen LogP contribution < -0.4 is 0 Å². The highest BCUT2D eigenvalue weighted by Gasteiger charge is 2.09. The first-order valence-electron chi connectivity index (χ1n) is 10.2. The second kappa shape index (κ2) is 8.57. The summed E-state index contributed by atoms with van der Waals surface area (Å²) < 4.78 is 28.2. The molecule has 0 unspecified atom stereocenters. The van der Waals surface area contributed by atoms with E-state index in [2.05, 4.69) is 37.3 Å². The maximum atomic E-state index is 14.7. The second-order valence-electron chi connectivity index (χ2n) is 7.56. The van der Waals surface area contributed by atoms with Crippen LogP contribution in [0.5, 0.6) is 0 Å². The predicted molar refractivity (Wildman–Crippen MR) is 118 cm³/mol. The van der Waals surface area contributed by atoms with Crippen LogP contribution in [0.2, 0.25) is 0 Å². The van der Waals surface area contributed by atoms with Gasteiger partial charge in [0.05, 0.1) is 0 Å². The van der Waals surface area contributed by atoms with E-state index in [1.165, 1.54) is 48.4 Å². The van der Waals surface area contributed by atoms with Crippen molar-refractivity contribution < 1.29 is 8.78 Å². The van der Waals surface area contributed by atoms with Crippen LogP contribution in [0.15, 0.2) is 78.9 Å². The largest absolute Gasteiger partial charge is 0.207 e. The third-order valence-electron chi connectivity index (χ3n) is 5.41. The van der Waals surface area contributed by atoms with Gasteiger partial charge in [0.15, 0.2) is 0 Å². The molecule has 0 amide bonds. The van der Waals surface area contributed by atoms with Gasteiger partial charge in [-0.1, -0.05) is 74.4 Å². The molecular formula is C27H24F2. The lowest BCUT2D eigenvalue weighted by molar-refractivity contribution is 0.625. The Morgan fingerprint density at radius 3 is 2.21 bits per heavy atom. The molecular weight excluding hydrogens is 362 g/mol. The minimum absolute atomic E-state index is 0.348. The lowest BCUT2D eigenvalue weighted by atomic mass is 9.96. The number of hydrogen-bond acceptors (Lipinski definition) is 0. The topological polar surface area (TPSA) is 0 Å². The Morgan fingerprint density at radius 1 is 0.655 bits per heavy atom. The summed E-state index contributed by atoms with van der Waals surface area (Å²) in [5.74, 6) is -0.714. The molecule has 4 aromatic rings. The lowest BCUT2D eigenvalue weighted by Crippen LogP contribution is -1.88. The van der Waals surface area contributed by atoms with Crippen LogP contribution in [0.25, 0.3) is 33.0 Å². The van der Waals surface area contributed by atoms with Crippen molar-refractivity contribution in [2.75, 3.05) is 0 Å².